The van der Waals surface area contributed by atoms with Crippen LogP contribution >= 0.6 is 0 Å². The molecule has 0 radical (unpaired) electrons. The average molecular weight is 204 g/mol. The van der Waals surface area contributed by atoms with Crippen LogP contribution in [0.15, 0.2) is 0 Å². The van der Waals surface area contributed by atoms with Gasteiger partial charge < -0.3 is 15.8 Å². The Kier molecular flexibility index (Phi) is 7.55. The summed E-state index contributed by atoms with van der Waals surface area (Å²) in [5.41, 5.74) is 5.35. The fourth-order valence-electron chi connectivity index (χ4n) is 1.37. The molecule has 0 rings (SSSR count). The van der Waals surface area contributed by atoms with Crippen molar-refractivity contribution >= 4 is 8.32 Å². The van der Waals surface area contributed by atoms with Crippen LogP contribution < -0.4 is 11.1 Å². The zero-order valence-electron chi connectivity index (χ0n) is 8.97. The lowest BCUT2D eigenvalue weighted by atomic mass is 10.5. The normalized spacial score (nSPS) is 12.0. The van der Waals surface area contributed by atoms with E-state index in [1.54, 1.807) is 0 Å². The third-order valence-corrected chi connectivity index (χ3v) is 6.55. The summed E-state index contributed by atoms with van der Waals surface area (Å²) in [5, 5.41) is 3.24. The molecule has 4 N–H and O–H groups in total. The molecule has 0 aliphatic heterocycles. The molecule has 0 aromatic carbocycles. The maximum absolute atomic E-state index is 10.1. The molecule has 0 aliphatic rings. The second kappa shape index (κ2) is 7.50. The van der Waals surface area contributed by atoms with Crippen LogP contribution in [0.2, 0.25) is 18.1 Å². The van der Waals surface area contributed by atoms with Gasteiger partial charge in [-0.3, -0.25) is 0 Å². The Morgan fingerprint density at radius 3 is 2.31 bits per heavy atom. The highest BCUT2D eigenvalue weighted by molar-refractivity contribution is 6.72. The standard InChI is InChI=1S/C9H24N2OSi/c1-3-13(12,4-2)9-5-7-11-8-6-10/h11-12H,3-10H2,1-2H3. The van der Waals surface area contributed by atoms with E-state index in [-0.39, 0.29) is 0 Å². The van der Waals surface area contributed by atoms with Crippen molar-refractivity contribution in [1.82, 2.24) is 5.32 Å². The van der Waals surface area contributed by atoms with Gasteiger partial charge in [-0.2, -0.15) is 0 Å². The van der Waals surface area contributed by atoms with Crippen molar-refractivity contribution in [2.24, 2.45) is 5.73 Å². The highest BCUT2D eigenvalue weighted by Gasteiger charge is 2.24. The Bertz CT molecular complexity index is 118. The summed E-state index contributed by atoms with van der Waals surface area (Å²) in [6, 6.07) is 3.00. The molecule has 0 aromatic rings. The molecule has 0 saturated heterocycles. The summed E-state index contributed by atoms with van der Waals surface area (Å²) < 4.78 is 0. The number of hydrogen-bond acceptors (Lipinski definition) is 3. The molecule has 0 aromatic heterocycles. The van der Waals surface area contributed by atoms with E-state index in [1.165, 1.54) is 0 Å². The first-order valence-corrected chi connectivity index (χ1v) is 7.88. The van der Waals surface area contributed by atoms with Gasteiger partial charge in [0.25, 0.3) is 0 Å². The third-order valence-electron chi connectivity index (χ3n) is 2.63. The van der Waals surface area contributed by atoms with Gasteiger partial charge >= 0.3 is 0 Å². The van der Waals surface area contributed by atoms with Gasteiger partial charge in [0.1, 0.15) is 0 Å². The maximum Gasteiger partial charge on any atom is 0.188 e. The molecular weight excluding hydrogens is 180 g/mol. The first-order chi connectivity index (χ1) is 6.18. The predicted molar refractivity (Wildman–Crippen MR) is 60.3 cm³/mol. The van der Waals surface area contributed by atoms with E-state index in [2.05, 4.69) is 19.2 Å². The van der Waals surface area contributed by atoms with Crippen LogP contribution in [0.5, 0.6) is 0 Å². The van der Waals surface area contributed by atoms with E-state index in [9.17, 15) is 4.80 Å². The van der Waals surface area contributed by atoms with Crippen molar-refractivity contribution in [2.75, 3.05) is 19.6 Å². The summed E-state index contributed by atoms with van der Waals surface area (Å²) in [4.78, 5) is 10.1. The molecule has 3 nitrogen and oxygen atoms in total. The number of hydrogen-bond donors (Lipinski definition) is 3. The van der Waals surface area contributed by atoms with Gasteiger partial charge in [-0.25, -0.2) is 0 Å². The number of nitrogens with two attached hydrogens (primary N) is 1. The SMILES string of the molecule is CC[Si](O)(CC)CCCNCCN. The van der Waals surface area contributed by atoms with E-state index < -0.39 is 8.32 Å². The first kappa shape index (κ1) is 13.1. The van der Waals surface area contributed by atoms with Gasteiger partial charge in [-0.05, 0) is 31.1 Å². The van der Waals surface area contributed by atoms with Crippen LogP contribution in [0.1, 0.15) is 20.3 Å². The van der Waals surface area contributed by atoms with Crippen molar-refractivity contribution in [3.8, 4) is 0 Å². The fourth-order valence-corrected chi connectivity index (χ4v) is 3.42. The van der Waals surface area contributed by atoms with Crippen LogP contribution in [0.3, 0.4) is 0 Å². The smallest absolute Gasteiger partial charge is 0.188 e. The molecule has 0 aliphatic carbocycles. The molecule has 0 saturated carbocycles. The second-order valence-corrected chi connectivity index (χ2v) is 7.94. The minimum atomic E-state index is -1.83. The molecule has 0 amide bonds. The minimum Gasteiger partial charge on any atom is -0.432 e. The zero-order valence-corrected chi connectivity index (χ0v) is 9.97. The average Bonchev–Trinajstić information content (AvgIpc) is 2.17. The van der Waals surface area contributed by atoms with E-state index in [4.69, 9.17) is 5.73 Å². The van der Waals surface area contributed by atoms with Crippen molar-refractivity contribution < 1.29 is 4.80 Å². The van der Waals surface area contributed by atoms with Crippen LogP contribution in [-0.2, 0) is 0 Å². The van der Waals surface area contributed by atoms with Crippen molar-refractivity contribution in [1.29, 1.82) is 0 Å². The first-order valence-electron chi connectivity index (χ1n) is 5.31. The summed E-state index contributed by atoms with van der Waals surface area (Å²) in [5.74, 6) is 0. The molecule has 4 heteroatoms. The Morgan fingerprint density at radius 2 is 1.85 bits per heavy atom. The molecule has 80 valence electrons. The highest BCUT2D eigenvalue weighted by Crippen LogP contribution is 2.17. The zero-order chi connectivity index (χ0) is 10.2. The highest BCUT2D eigenvalue weighted by atomic mass is 28.4. The largest absolute Gasteiger partial charge is 0.432 e. The molecule has 0 atom stereocenters. The number of nitrogens with one attached hydrogen (secondary N) is 1. The Hall–Kier alpha value is 0.0969. The van der Waals surface area contributed by atoms with Gasteiger partial charge in [-0.1, -0.05) is 13.8 Å². The van der Waals surface area contributed by atoms with Gasteiger partial charge in [0.15, 0.2) is 8.32 Å². The Labute approximate surface area is 82.8 Å². The quantitative estimate of drug-likeness (QED) is 0.407. The van der Waals surface area contributed by atoms with Crippen molar-refractivity contribution in [2.45, 2.75) is 38.4 Å². The molecular formula is C9H24N2OSi. The molecule has 0 unspecified atom stereocenters. The predicted octanol–water partition coefficient (Wildman–Crippen LogP) is 0.902. The van der Waals surface area contributed by atoms with Gasteiger partial charge in [-0.15, -0.1) is 0 Å². The Balaban J connectivity index is 3.39. The van der Waals surface area contributed by atoms with Crippen LogP contribution in [0.4, 0.5) is 0 Å². The van der Waals surface area contributed by atoms with E-state index in [0.29, 0.717) is 6.54 Å². The van der Waals surface area contributed by atoms with E-state index >= 15 is 0 Å². The second-order valence-electron chi connectivity index (χ2n) is 3.57. The summed E-state index contributed by atoms with van der Waals surface area (Å²) in [7, 11) is -1.83. The van der Waals surface area contributed by atoms with Crippen molar-refractivity contribution in [3.05, 3.63) is 0 Å². The summed E-state index contributed by atoms with van der Waals surface area (Å²) >= 11 is 0. The topological polar surface area (TPSA) is 58.3 Å². The van der Waals surface area contributed by atoms with Gasteiger partial charge in [0.2, 0.25) is 0 Å². The lowest BCUT2D eigenvalue weighted by Crippen LogP contribution is -2.33. The minimum absolute atomic E-state index is 0.698. The summed E-state index contributed by atoms with van der Waals surface area (Å²) in [6.07, 6.45) is 1.09. The maximum atomic E-state index is 10.1. The molecule has 0 spiro atoms. The molecule has 0 heterocycles. The summed E-state index contributed by atoms with van der Waals surface area (Å²) in [6.45, 7) is 6.78. The monoisotopic (exact) mass is 204 g/mol. The van der Waals surface area contributed by atoms with Crippen LogP contribution in [0, 0.1) is 0 Å². The van der Waals surface area contributed by atoms with Crippen molar-refractivity contribution in [3.63, 3.8) is 0 Å². The third kappa shape index (κ3) is 6.21. The number of rotatable bonds is 8. The van der Waals surface area contributed by atoms with E-state index in [0.717, 1.165) is 37.6 Å². The molecule has 0 fully saturated rings. The lowest BCUT2D eigenvalue weighted by Gasteiger charge is -2.21. The molecule has 13 heavy (non-hydrogen) atoms. The van der Waals surface area contributed by atoms with Crippen LogP contribution in [0.25, 0.3) is 0 Å². The van der Waals surface area contributed by atoms with Gasteiger partial charge in [0.05, 0.1) is 0 Å². The van der Waals surface area contributed by atoms with Gasteiger partial charge in [0, 0.05) is 13.1 Å². The fraction of sp³-hybridized carbons (Fsp3) is 1.00. The lowest BCUT2D eigenvalue weighted by molar-refractivity contribution is 0.520. The van der Waals surface area contributed by atoms with Crippen LogP contribution in [-0.4, -0.2) is 32.7 Å². The molecule has 0 bridgehead atoms. The van der Waals surface area contributed by atoms with E-state index in [1.807, 2.05) is 0 Å². The Morgan fingerprint density at radius 1 is 1.23 bits per heavy atom.